The Balaban J connectivity index is 1.65. The average Bonchev–Trinajstić information content (AvgIpc) is 3.20. The molecule has 3 rings (SSSR count). The first-order valence-electron chi connectivity index (χ1n) is 10.2. The Kier molecular flexibility index (Phi) is 6.83. The molecule has 4 atom stereocenters. The quantitative estimate of drug-likeness (QED) is 0.578. The number of hydrogen-bond acceptors (Lipinski definition) is 4. The standard InChI is InChI=1S/C19H35N3O3S/c1-15-5-3-4-6-18(15)21-19(22-9-7-17(12-22)13-25-2)20-11-16-8-10-26(23,24)14-16/h15-18H,3-14H2,1-2H3,(H,20,21). The Labute approximate surface area is 158 Å². The van der Waals surface area contributed by atoms with Crippen LogP contribution in [0, 0.1) is 17.8 Å². The van der Waals surface area contributed by atoms with E-state index in [1.807, 2.05) is 0 Å². The van der Waals surface area contributed by atoms with Crippen molar-refractivity contribution < 1.29 is 13.2 Å². The molecule has 26 heavy (non-hydrogen) atoms. The first-order valence-corrected chi connectivity index (χ1v) is 12.0. The maximum absolute atomic E-state index is 11.7. The third kappa shape index (κ3) is 5.35. The van der Waals surface area contributed by atoms with E-state index in [9.17, 15) is 8.42 Å². The van der Waals surface area contributed by atoms with Gasteiger partial charge >= 0.3 is 0 Å². The molecule has 2 aliphatic heterocycles. The van der Waals surface area contributed by atoms with Crippen molar-refractivity contribution in [2.24, 2.45) is 22.7 Å². The molecule has 0 aromatic heterocycles. The van der Waals surface area contributed by atoms with E-state index in [1.165, 1.54) is 25.7 Å². The van der Waals surface area contributed by atoms with E-state index in [1.54, 1.807) is 7.11 Å². The van der Waals surface area contributed by atoms with Crippen LogP contribution >= 0.6 is 0 Å². The van der Waals surface area contributed by atoms with Crippen LogP contribution < -0.4 is 5.32 Å². The van der Waals surface area contributed by atoms with Gasteiger partial charge in [0.15, 0.2) is 15.8 Å². The van der Waals surface area contributed by atoms with Crippen molar-refractivity contribution in [3.63, 3.8) is 0 Å². The first kappa shape index (κ1) is 19.9. The molecule has 3 fully saturated rings. The lowest BCUT2D eigenvalue weighted by molar-refractivity contribution is 0.157. The van der Waals surface area contributed by atoms with Gasteiger partial charge in [0.2, 0.25) is 0 Å². The van der Waals surface area contributed by atoms with Gasteiger partial charge in [-0.3, -0.25) is 4.99 Å². The SMILES string of the molecule is COCC1CCN(C(=NCC2CCS(=O)(=O)C2)NC2CCCCC2C)C1. The average molecular weight is 386 g/mol. The van der Waals surface area contributed by atoms with Gasteiger partial charge in [-0.25, -0.2) is 8.42 Å². The van der Waals surface area contributed by atoms with E-state index in [0.717, 1.165) is 38.5 Å². The number of aliphatic imine (C=N–C) groups is 1. The maximum Gasteiger partial charge on any atom is 0.194 e. The third-order valence-corrected chi connectivity index (χ3v) is 8.08. The largest absolute Gasteiger partial charge is 0.384 e. The molecule has 0 aromatic rings. The molecule has 4 unspecified atom stereocenters. The van der Waals surface area contributed by atoms with Crippen LogP contribution in [0.4, 0.5) is 0 Å². The van der Waals surface area contributed by atoms with Crippen molar-refractivity contribution >= 4 is 15.8 Å². The molecule has 7 heteroatoms. The fourth-order valence-corrected chi connectivity index (χ4v) is 6.41. The van der Waals surface area contributed by atoms with Crippen LogP contribution in [0.3, 0.4) is 0 Å². The van der Waals surface area contributed by atoms with Crippen LogP contribution in [0.2, 0.25) is 0 Å². The lowest BCUT2D eigenvalue weighted by Gasteiger charge is -2.33. The monoisotopic (exact) mass is 385 g/mol. The van der Waals surface area contributed by atoms with E-state index >= 15 is 0 Å². The molecule has 3 aliphatic rings. The number of hydrogen-bond donors (Lipinski definition) is 1. The van der Waals surface area contributed by atoms with Crippen LogP contribution in [-0.4, -0.2) is 70.2 Å². The number of likely N-dealkylation sites (tertiary alicyclic amines) is 1. The van der Waals surface area contributed by atoms with E-state index in [2.05, 4.69) is 17.1 Å². The van der Waals surface area contributed by atoms with Gasteiger partial charge in [0.25, 0.3) is 0 Å². The molecule has 2 heterocycles. The third-order valence-electron chi connectivity index (χ3n) is 6.24. The highest BCUT2D eigenvalue weighted by Crippen LogP contribution is 2.25. The molecule has 1 aliphatic carbocycles. The van der Waals surface area contributed by atoms with Gasteiger partial charge in [0.1, 0.15) is 0 Å². The highest BCUT2D eigenvalue weighted by molar-refractivity contribution is 7.91. The topological polar surface area (TPSA) is 71.0 Å². The summed E-state index contributed by atoms with van der Waals surface area (Å²) in [5.74, 6) is 3.02. The number of rotatable bonds is 5. The Morgan fingerprint density at radius 2 is 2.00 bits per heavy atom. The van der Waals surface area contributed by atoms with Crippen LogP contribution in [0.25, 0.3) is 0 Å². The molecule has 0 amide bonds. The Bertz CT molecular complexity index is 593. The highest BCUT2D eigenvalue weighted by atomic mass is 32.2. The summed E-state index contributed by atoms with van der Waals surface area (Å²) in [6.45, 7) is 5.72. The summed E-state index contributed by atoms with van der Waals surface area (Å²) in [6.07, 6.45) is 6.97. The molecule has 0 spiro atoms. The lowest BCUT2D eigenvalue weighted by atomic mass is 9.86. The predicted octanol–water partition coefficient (Wildman–Crippen LogP) is 1.91. The van der Waals surface area contributed by atoms with E-state index < -0.39 is 9.84 Å². The van der Waals surface area contributed by atoms with Gasteiger partial charge in [-0.2, -0.15) is 0 Å². The highest BCUT2D eigenvalue weighted by Gasteiger charge is 2.30. The summed E-state index contributed by atoms with van der Waals surface area (Å²) in [5.41, 5.74) is 0. The van der Waals surface area contributed by atoms with Gasteiger partial charge in [0.05, 0.1) is 18.1 Å². The molecule has 0 aromatic carbocycles. The molecular weight excluding hydrogens is 350 g/mol. The summed E-state index contributed by atoms with van der Waals surface area (Å²) in [5, 5.41) is 3.74. The van der Waals surface area contributed by atoms with Crippen molar-refractivity contribution in [1.29, 1.82) is 0 Å². The minimum atomic E-state index is -2.83. The second kappa shape index (κ2) is 8.91. The number of nitrogens with zero attached hydrogens (tertiary/aromatic N) is 2. The van der Waals surface area contributed by atoms with Crippen LogP contribution in [0.15, 0.2) is 4.99 Å². The Hall–Kier alpha value is -0.820. The van der Waals surface area contributed by atoms with E-state index in [0.29, 0.717) is 35.9 Å². The zero-order valence-electron chi connectivity index (χ0n) is 16.3. The molecule has 6 nitrogen and oxygen atoms in total. The van der Waals surface area contributed by atoms with Gasteiger partial charge in [-0.15, -0.1) is 0 Å². The zero-order valence-corrected chi connectivity index (χ0v) is 17.1. The van der Waals surface area contributed by atoms with Gasteiger partial charge in [-0.05, 0) is 37.5 Å². The number of methoxy groups -OCH3 is 1. The van der Waals surface area contributed by atoms with Crippen molar-refractivity contribution in [2.45, 2.75) is 51.5 Å². The molecule has 0 bridgehead atoms. The fourth-order valence-electron chi connectivity index (χ4n) is 4.56. The lowest BCUT2D eigenvalue weighted by Crippen LogP contribution is -2.48. The van der Waals surface area contributed by atoms with E-state index in [4.69, 9.17) is 9.73 Å². The van der Waals surface area contributed by atoms with Gasteiger partial charge in [-0.1, -0.05) is 19.8 Å². The summed E-state index contributed by atoms with van der Waals surface area (Å²) >= 11 is 0. The minimum Gasteiger partial charge on any atom is -0.384 e. The molecule has 150 valence electrons. The van der Waals surface area contributed by atoms with Gasteiger partial charge < -0.3 is 15.0 Å². The number of ether oxygens (including phenoxy) is 1. The molecule has 2 saturated heterocycles. The minimum absolute atomic E-state index is 0.179. The van der Waals surface area contributed by atoms with Crippen LogP contribution in [-0.2, 0) is 14.6 Å². The Morgan fingerprint density at radius 3 is 2.69 bits per heavy atom. The molecular formula is C19H35N3O3S. The number of sulfone groups is 1. The molecule has 0 radical (unpaired) electrons. The molecule has 1 N–H and O–H groups in total. The van der Waals surface area contributed by atoms with Crippen molar-refractivity contribution in [1.82, 2.24) is 10.2 Å². The van der Waals surface area contributed by atoms with Crippen LogP contribution in [0.5, 0.6) is 0 Å². The fraction of sp³-hybridized carbons (Fsp3) is 0.947. The zero-order chi connectivity index (χ0) is 18.6. The first-order chi connectivity index (χ1) is 12.5. The second-order valence-corrected chi connectivity index (χ2v) is 10.7. The molecule has 1 saturated carbocycles. The van der Waals surface area contributed by atoms with Crippen molar-refractivity contribution in [2.75, 3.05) is 44.9 Å². The number of guanidine groups is 1. The van der Waals surface area contributed by atoms with E-state index in [-0.39, 0.29) is 5.92 Å². The normalized spacial score (nSPS) is 35.0. The second-order valence-electron chi connectivity index (χ2n) is 8.50. The number of nitrogens with one attached hydrogen (secondary N) is 1. The van der Waals surface area contributed by atoms with Crippen molar-refractivity contribution in [3.05, 3.63) is 0 Å². The summed E-state index contributed by atoms with van der Waals surface area (Å²) < 4.78 is 28.8. The summed E-state index contributed by atoms with van der Waals surface area (Å²) in [7, 11) is -1.07. The predicted molar refractivity (Wildman–Crippen MR) is 105 cm³/mol. The Morgan fingerprint density at radius 1 is 1.19 bits per heavy atom. The van der Waals surface area contributed by atoms with Gasteiger partial charge in [0, 0.05) is 38.7 Å². The van der Waals surface area contributed by atoms with Crippen molar-refractivity contribution in [3.8, 4) is 0 Å². The van der Waals surface area contributed by atoms with Crippen LogP contribution in [0.1, 0.15) is 45.4 Å². The smallest absolute Gasteiger partial charge is 0.194 e. The summed E-state index contributed by atoms with van der Waals surface area (Å²) in [4.78, 5) is 7.26. The maximum atomic E-state index is 11.7. The summed E-state index contributed by atoms with van der Waals surface area (Å²) in [6, 6.07) is 0.483.